The molecule has 0 bridgehead atoms. The molecule has 0 aliphatic carbocycles. The molecular formula is C22H21F6N3O2. The van der Waals surface area contributed by atoms with Gasteiger partial charge in [-0.2, -0.15) is 26.3 Å². The number of primary amides is 1. The van der Waals surface area contributed by atoms with Gasteiger partial charge in [-0.15, -0.1) is 0 Å². The van der Waals surface area contributed by atoms with Gasteiger partial charge < -0.3 is 10.6 Å². The van der Waals surface area contributed by atoms with Crippen molar-refractivity contribution in [2.75, 3.05) is 26.2 Å². The van der Waals surface area contributed by atoms with Crippen LogP contribution in [0.2, 0.25) is 0 Å². The van der Waals surface area contributed by atoms with Crippen LogP contribution in [0.1, 0.15) is 27.0 Å². The van der Waals surface area contributed by atoms with Crippen molar-refractivity contribution in [3.8, 4) is 0 Å². The molecule has 11 heteroatoms. The summed E-state index contributed by atoms with van der Waals surface area (Å²) in [5.41, 5.74) is 2.28. The highest BCUT2D eigenvalue weighted by molar-refractivity contribution is 5.95. The minimum atomic E-state index is -5.06. The predicted molar refractivity (Wildman–Crippen MR) is 107 cm³/mol. The number of amides is 2. The number of rotatable bonds is 5. The topological polar surface area (TPSA) is 66.6 Å². The lowest BCUT2D eigenvalue weighted by atomic mass is 9.99. The summed E-state index contributed by atoms with van der Waals surface area (Å²) in [7, 11) is 0. The minimum absolute atomic E-state index is 0.0109. The fourth-order valence-electron chi connectivity index (χ4n) is 3.86. The van der Waals surface area contributed by atoms with Crippen molar-refractivity contribution >= 4 is 11.8 Å². The molecule has 3 rings (SSSR count). The number of carbonyl (C=O) groups excluding carboxylic acids is 2. The van der Waals surface area contributed by atoms with Gasteiger partial charge in [0.1, 0.15) is 0 Å². The van der Waals surface area contributed by atoms with Gasteiger partial charge in [0, 0.05) is 31.2 Å². The molecule has 2 aromatic rings. The summed E-state index contributed by atoms with van der Waals surface area (Å²) in [4.78, 5) is 27.5. The molecule has 2 amide bonds. The smallest absolute Gasteiger partial charge is 0.369 e. The third kappa shape index (κ3) is 6.25. The summed E-state index contributed by atoms with van der Waals surface area (Å²) in [6, 6.07) is 9.19. The van der Waals surface area contributed by atoms with Crippen molar-refractivity contribution in [2.45, 2.75) is 24.8 Å². The number of piperazine rings is 1. The number of halogens is 6. The maximum absolute atomic E-state index is 13.2. The van der Waals surface area contributed by atoms with Gasteiger partial charge in [-0.1, -0.05) is 30.3 Å². The van der Waals surface area contributed by atoms with Crippen molar-refractivity contribution in [1.29, 1.82) is 0 Å². The highest BCUT2D eigenvalue weighted by Crippen LogP contribution is 2.36. The van der Waals surface area contributed by atoms with Gasteiger partial charge in [-0.05, 0) is 30.2 Å². The Bertz CT molecular complexity index is 975. The summed E-state index contributed by atoms with van der Waals surface area (Å²) in [5.74, 6) is -1.52. The van der Waals surface area contributed by atoms with Crippen molar-refractivity contribution < 1.29 is 35.9 Å². The van der Waals surface area contributed by atoms with Crippen molar-refractivity contribution in [3.63, 3.8) is 0 Å². The van der Waals surface area contributed by atoms with Gasteiger partial charge in [0.25, 0.3) is 5.91 Å². The Morgan fingerprint density at radius 2 is 1.48 bits per heavy atom. The number of carbonyl (C=O) groups is 2. The zero-order valence-electron chi connectivity index (χ0n) is 17.3. The Morgan fingerprint density at radius 1 is 0.909 bits per heavy atom. The Kier molecular flexibility index (Phi) is 7.01. The van der Waals surface area contributed by atoms with E-state index in [0.29, 0.717) is 18.6 Å². The van der Waals surface area contributed by atoms with Crippen molar-refractivity contribution in [3.05, 3.63) is 70.8 Å². The van der Waals surface area contributed by atoms with E-state index in [2.05, 4.69) is 0 Å². The third-order valence-corrected chi connectivity index (χ3v) is 5.36. The fourth-order valence-corrected chi connectivity index (χ4v) is 3.86. The number of benzene rings is 2. The molecule has 1 fully saturated rings. The molecule has 0 spiro atoms. The lowest BCUT2D eigenvalue weighted by molar-refractivity contribution is -0.143. The second-order valence-corrected chi connectivity index (χ2v) is 7.84. The van der Waals surface area contributed by atoms with E-state index in [1.54, 1.807) is 35.2 Å². The molecule has 0 aromatic heterocycles. The van der Waals surface area contributed by atoms with Crippen LogP contribution in [-0.4, -0.2) is 53.8 Å². The second kappa shape index (κ2) is 9.42. The number of hydrogen-bond donors (Lipinski definition) is 1. The first-order valence-electron chi connectivity index (χ1n) is 9.99. The monoisotopic (exact) mass is 473 g/mol. The van der Waals surface area contributed by atoms with Crippen LogP contribution < -0.4 is 5.73 Å². The van der Waals surface area contributed by atoms with Gasteiger partial charge >= 0.3 is 12.4 Å². The molecule has 1 heterocycles. The van der Waals surface area contributed by atoms with Gasteiger partial charge in [-0.3, -0.25) is 14.5 Å². The molecule has 0 saturated carbocycles. The molecule has 1 aliphatic heterocycles. The van der Waals surface area contributed by atoms with E-state index < -0.39 is 46.9 Å². The van der Waals surface area contributed by atoms with E-state index in [4.69, 9.17) is 5.73 Å². The average Bonchev–Trinajstić information content (AvgIpc) is 2.72. The molecule has 5 nitrogen and oxygen atoms in total. The zero-order valence-corrected chi connectivity index (χ0v) is 17.3. The molecule has 2 N–H and O–H groups in total. The van der Waals surface area contributed by atoms with Crippen LogP contribution in [-0.2, 0) is 23.6 Å². The van der Waals surface area contributed by atoms with Crippen LogP contribution >= 0.6 is 0 Å². The number of nitrogens with two attached hydrogens (primary N) is 1. The summed E-state index contributed by atoms with van der Waals surface area (Å²) < 4.78 is 79.4. The first-order chi connectivity index (χ1) is 15.3. The first kappa shape index (κ1) is 24.6. The van der Waals surface area contributed by atoms with Crippen LogP contribution in [0.25, 0.3) is 0 Å². The largest absolute Gasteiger partial charge is 0.416 e. The van der Waals surface area contributed by atoms with E-state index >= 15 is 0 Å². The van der Waals surface area contributed by atoms with Crippen LogP contribution in [0.5, 0.6) is 0 Å². The quantitative estimate of drug-likeness (QED) is 0.676. The van der Waals surface area contributed by atoms with Crippen LogP contribution in [0.4, 0.5) is 26.3 Å². The minimum Gasteiger partial charge on any atom is -0.369 e. The Labute approximate surface area is 185 Å². The van der Waals surface area contributed by atoms with E-state index in [1.165, 1.54) is 4.90 Å². The lowest BCUT2D eigenvalue weighted by Gasteiger charge is -2.41. The molecule has 33 heavy (non-hydrogen) atoms. The van der Waals surface area contributed by atoms with Crippen LogP contribution in [0, 0.1) is 0 Å². The van der Waals surface area contributed by atoms with Crippen molar-refractivity contribution in [2.24, 2.45) is 5.73 Å². The standard InChI is InChI=1S/C22H21F6N3O2/c23-21(24,25)16-9-15(10-17(11-16)22(26,27)28)20(33)31-7-6-30(13-19(29)32)12-18(31)8-14-4-2-1-3-5-14/h1-5,9-11,18H,6-8,12-13H2,(H2,29,32)/t18-/m1/s1. The van der Waals surface area contributed by atoms with Gasteiger partial charge in [-0.25, -0.2) is 0 Å². The van der Waals surface area contributed by atoms with Crippen LogP contribution in [0.3, 0.4) is 0 Å². The number of alkyl halides is 6. The van der Waals surface area contributed by atoms with Gasteiger partial charge in [0.2, 0.25) is 5.91 Å². The molecule has 1 saturated heterocycles. The molecule has 1 atom stereocenters. The Morgan fingerprint density at radius 3 is 2.00 bits per heavy atom. The number of nitrogens with zero attached hydrogens (tertiary/aromatic N) is 2. The first-order valence-corrected chi connectivity index (χ1v) is 9.99. The Balaban J connectivity index is 1.96. The van der Waals surface area contributed by atoms with Crippen LogP contribution in [0.15, 0.2) is 48.5 Å². The van der Waals surface area contributed by atoms with E-state index in [0.717, 1.165) is 5.56 Å². The predicted octanol–water partition coefficient (Wildman–Crippen LogP) is 3.58. The summed E-state index contributed by atoms with van der Waals surface area (Å²) in [6.45, 7) is 0.329. The molecule has 0 radical (unpaired) electrons. The fraction of sp³-hybridized carbons (Fsp3) is 0.364. The molecule has 1 aliphatic rings. The second-order valence-electron chi connectivity index (χ2n) is 7.84. The molecule has 0 unspecified atom stereocenters. The van der Waals surface area contributed by atoms with Gasteiger partial charge in [0.05, 0.1) is 17.7 Å². The van der Waals surface area contributed by atoms with Crippen molar-refractivity contribution in [1.82, 2.24) is 9.80 Å². The number of hydrogen-bond acceptors (Lipinski definition) is 3. The highest BCUT2D eigenvalue weighted by atomic mass is 19.4. The maximum atomic E-state index is 13.2. The normalized spacial score (nSPS) is 17.8. The summed E-state index contributed by atoms with van der Waals surface area (Å²) in [5, 5.41) is 0. The van der Waals surface area contributed by atoms with E-state index in [-0.39, 0.29) is 32.2 Å². The SMILES string of the molecule is NC(=O)CN1CCN(C(=O)c2cc(C(F)(F)F)cc(C(F)(F)F)c2)[C@H](Cc2ccccc2)C1. The molecule has 2 aromatic carbocycles. The zero-order chi connectivity index (χ0) is 24.4. The van der Waals surface area contributed by atoms with E-state index in [1.807, 2.05) is 0 Å². The summed E-state index contributed by atoms with van der Waals surface area (Å²) in [6.07, 6.45) is -9.81. The van der Waals surface area contributed by atoms with E-state index in [9.17, 15) is 35.9 Å². The Hall–Kier alpha value is -3.08. The highest BCUT2D eigenvalue weighted by Gasteiger charge is 2.39. The third-order valence-electron chi connectivity index (χ3n) is 5.36. The van der Waals surface area contributed by atoms with Gasteiger partial charge in [0.15, 0.2) is 0 Å². The molecule has 178 valence electrons. The molecular weight excluding hydrogens is 452 g/mol. The summed E-state index contributed by atoms with van der Waals surface area (Å²) >= 11 is 0. The average molecular weight is 473 g/mol. The lowest BCUT2D eigenvalue weighted by Crippen LogP contribution is -2.57. The maximum Gasteiger partial charge on any atom is 0.416 e.